The lowest BCUT2D eigenvalue weighted by Crippen LogP contribution is -2.40. The maximum Gasteiger partial charge on any atom is 0.490 e. The summed E-state index contributed by atoms with van der Waals surface area (Å²) >= 11 is 0. The number of phosphoric acid groups is 3. The van der Waals surface area contributed by atoms with E-state index < -0.39 is 65.0 Å². The normalized spacial score (nSPS) is 38.0. The van der Waals surface area contributed by atoms with Gasteiger partial charge in [0.2, 0.25) is 0 Å². The Kier molecular flexibility index (Phi) is 5.92. The predicted molar refractivity (Wildman–Crippen MR) is 94.9 cm³/mol. The fourth-order valence-corrected chi connectivity index (χ4v) is 6.50. The number of fused-ring (bicyclic) bond motifs is 1. The van der Waals surface area contributed by atoms with Gasteiger partial charge in [0.1, 0.15) is 5.82 Å². The van der Waals surface area contributed by atoms with E-state index in [1.807, 2.05) is 0 Å². The van der Waals surface area contributed by atoms with Gasteiger partial charge in [-0.1, -0.05) is 0 Å². The van der Waals surface area contributed by atoms with Crippen molar-refractivity contribution in [1.29, 1.82) is 0 Å². The van der Waals surface area contributed by atoms with E-state index >= 15 is 0 Å². The van der Waals surface area contributed by atoms with Crippen molar-refractivity contribution in [3.63, 3.8) is 0 Å². The van der Waals surface area contributed by atoms with Crippen LogP contribution in [-0.2, 0) is 31.6 Å². The van der Waals surface area contributed by atoms with Gasteiger partial charge in [-0.05, 0) is 13.0 Å². The van der Waals surface area contributed by atoms with E-state index in [-0.39, 0.29) is 5.82 Å². The smallest absolute Gasteiger partial charge is 0.383 e. The number of anilines is 1. The predicted octanol–water partition coefficient (Wildman–Crippen LogP) is -0.753. The Morgan fingerprint density at radius 2 is 1.84 bits per heavy atom. The van der Waals surface area contributed by atoms with Crippen LogP contribution in [0.5, 0.6) is 0 Å². The van der Waals surface area contributed by atoms with Crippen LogP contribution in [-0.4, -0.2) is 63.9 Å². The van der Waals surface area contributed by atoms with Crippen LogP contribution in [0.3, 0.4) is 0 Å². The highest BCUT2D eigenvalue weighted by Gasteiger charge is 2.97. The Hall–Kier alpha value is -1.13. The molecule has 32 heavy (non-hydrogen) atoms. The number of nitrogens with two attached hydrogens (primary N) is 1. The molecule has 2 heterocycles. The fraction of sp³-hybridized carbons (Fsp3) is 0.636. The molecule has 7 N–H and O–H groups in total. The summed E-state index contributed by atoms with van der Waals surface area (Å²) in [5.74, 6) is -0.235. The molecule has 0 radical (unpaired) electrons. The minimum Gasteiger partial charge on any atom is -0.383 e. The molecule has 16 nitrogen and oxygen atoms in total. The van der Waals surface area contributed by atoms with Gasteiger partial charge in [-0.3, -0.25) is 9.09 Å². The van der Waals surface area contributed by atoms with Gasteiger partial charge in [-0.15, -0.1) is 0 Å². The molecule has 0 amide bonds. The van der Waals surface area contributed by atoms with Crippen molar-refractivity contribution >= 4 is 29.3 Å². The largest absolute Gasteiger partial charge is 0.490 e. The van der Waals surface area contributed by atoms with Crippen LogP contribution >= 0.6 is 23.5 Å². The van der Waals surface area contributed by atoms with Gasteiger partial charge in [0, 0.05) is 6.20 Å². The van der Waals surface area contributed by atoms with E-state index in [0.29, 0.717) is 11.5 Å². The molecule has 0 aromatic carbocycles. The van der Waals surface area contributed by atoms with Crippen LogP contribution in [0.4, 0.5) is 14.6 Å². The second-order valence-electron chi connectivity index (χ2n) is 6.91. The van der Waals surface area contributed by atoms with Crippen LogP contribution in [0.15, 0.2) is 17.1 Å². The number of nitrogens with zero attached hydrogens (tertiary/aromatic N) is 2. The number of aliphatic hydroxyl groups is 1. The van der Waals surface area contributed by atoms with Crippen molar-refractivity contribution in [2.24, 2.45) is 0 Å². The molecule has 1 aliphatic heterocycles. The molecule has 3 unspecified atom stereocenters. The average molecular weight is 529 g/mol. The minimum absolute atomic E-state index is 0.235. The number of alkyl halides is 2. The monoisotopic (exact) mass is 529 g/mol. The van der Waals surface area contributed by atoms with Crippen molar-refractivity contribution in [3.05, 3.63) is 22.7 Å². The van der Waals surface area contributed by atoms with Gasteiger partial charge in [-0.2, -0.15) is 13.6 Å². The molecule has 0 bridgehead atoms. The fourth-order valence-electron chi connectivity index (χ4n) is 3.46. The van der Waals surface area contributed by atoms with Gasteiger partial charge < -0.3 is 35.2 Å². The summed E-state index contributed by atoms with van der Waals surface area (Å²) in [6, 6.07) is 1.07. The van der Waals surface area contributed by atoms with Crippen LogP contribution in [0.1, 0.15) is 13.2 Å². The second kappa shape index (κ2) is 7.43. The van der Waals surface area contributed by atoms with Gasteiger partial charge >= 0.3 is 29.2 Å². The van der Waals surface area contributed by atoms with Crippen molar-refractivity contribution in [2.45, 2.75) is 36.2 Å². The number of hydrogen-bond acceptors (Lipinski definition) is 11. The molecule has 7 atom stereocenters. The van der Waals surface area contributed by atoms with Gasteiger partial charge in [0.25, 0.3) is 0 Å². The quantitative estimate of drug-likeness (QED) is 0.227. The molecule has 2 aliphatic rings. The van der Waals surface area contributed by atoms with E-state index in [0.717, 1.165) is 12.3 Å². The van der Waals surface area contributed by atoms with Crippen LogP contribution in [0, 0.1) is 0 Å². The lowest BCUT2D eigenvalue weighted by atomic mass is 10.1. The number of aromatic nitrogens is 2. The van der Waals surface area contributed by atoms with E-state index in [4.69, 9.17) is 25.2 Å². The molecule has 1 aliphatic carbocycles. The second-order valence-corrected chi connectivity index (χ2v) is 11.3. The zero-order valence-corrected chi connectivity index (χ0v) is 18.3. The maximum atomic E-state index is 14.9. The van der Waals surface area contributed by atoms with Crippen molar-refractivity contribution in [2.75, 3.05) is 12.3 Å². The number of phosphoric ester groups is 1. The number of halogens is 2. The van der Waals surface area contributed by atoms with E-state index in [1.54, 1.807) is 0 Å². The molecule has 182 valence electrons. The lowest BCUT2D eigenvalue weighted by Gasteiger charge is -2.25. The van der Waals surface area contributed by atoms with Gasteiger partial charge in [-0.25, -0.2) is 27.3 Å². The van der Waals surface area contributed by atoms with Gasteiger partial charge in [0.05, 0.1) is 6.61 Å². The zero-order chi connectivity index (χ0) is 24.5. The standard InChI is InChI=1S/C11H16F2N3O13P3/c1-9(13)10(4-26-31(22,23)29-32(24,25)28-30(19,20)21)11(9,18)6(12)7(27-10)16-3-2-5(14)15-8(16)17/h2-3,6-7,18H,4H2,1H3,(H,22,23)(H,24,25)(H2,14,15,17)(H2,19,20,21)/t6-,7+,9?,10-,11+/m0/s1. The van der Waals surface area contributed by atoms with E-state index in [9.17, 15) is 37.3 Å². The molecular formula is C11H16F2N3O13P3. The highest BCUT2D eigenvalue weighted by Crippen LogP contribution is 2.73. The minimum atomic E-state index is -5.88. The molecule has 1 aromatic rings. The summed E-state index contributed by atoms with van der Waals surface area (Å²) in [6.07, 6.45) is -3.68. The molecule has 21 heteroatoms. The van der Waals surface area contributed by atoms with Crippen molar-refractivity contribution < 1.29 is 65.0 Å². The summed E-state index contributed by atoms with van der Waals surface area (Å²) in [6.45, 7) is -0.825. The summed E-state index contributed by atoms with van der Waals surface area (Å²) in [7, 11) is -17.3. The Morgan fingerprint density at radius 1 is 1.25 bits per heavy atom. The Bertz CT molecular complexity index is 1140. The third-order valence-electron chi connectivity index (χ3n) is 4.97. The van der Waals surface area contributed by atoms with Crippen LogP contribution in [0.2, 0.25) is 0 Å². The number of hydrogen-bond donors (Lipinski definition) is 6. The van der Waals surface area contributed by atoms with E-state index in [2.05, 4.69) is 18.1 Å². The Labute approximate surface area is 176 Å². The Morgan fingerprint density at radius 3 is 2.38 bits per heavy atom. The van der Waals surface area contributed by atoms with Crippen molar-refractivity contribution in [1.82, 2.24) is 9.55 Å². The molecular weight excluding hydrogens is 513 g/mol. The first-order valence-electron chi connectivity index (χ1n) is 8.15. The zero-order valence-electron chi connectivity index (χ0n) is 15.6. The number of nitrogen functional groups attached to an aromatic ring is 1. The molecule has 1 saturated carbocycles. The average Bonchev–Trinajstić information content (AvgIpc) is 2.80. The first-order valence-corrected chi connectivity index (χ1v) is 12.7. The molecule has 1 saturated heterocycles. The van der Waals surface area contributed by atoms with Crippen molar-refractivity contribution in [3.8, 4) is 0 Å². The first kappa shape index (κ1) is 25.5. The Balaban J connectivity index is 1.82. The van der Waals surface area contributed by atoms with Gasteiger partial charge in [0.15, 0.2) is 29.3 Å². The topological polar surface area (TPSA) is 250 Å². The van der Waals surface area contributed by atoms with E-state index in [1.165, 1.54) is 0 Å². The summed E-state index contributed by atoms with van der Waals surface area (Å²) < 4.78 is 80.7. The van der Waals surface area contributed by atoms with Crippen LogP contribution in [0.25, 0.3) is 0 Å². The maximum absolute atomic E-state index is 14.9. The lowest BCUT2D eigenvalue weighted by molar-refractivity contribution is -0.113. The van der Waals surface area contributed by atoms with Crippen LogP contribution < -0.4 is 11.4 Å². The summed E-state index contributed by atoms with van der Waals surface area (Å²) in [5.41, 5.74) is -4.50. The SMILES string of the molecule is CC1(F)[C@]2(COP(=O)(O)OP(=O)(O)OP(=O)(O)O)O[C@@H](n3ccc(N)nc3=O)[C@H](F)[C@@]12O. The third kappa shape index (κ3) is 4.00. The first-order chi connectivity index (χ1) is 14.3. The number of ether oxygens (including phenoxy) is 1. The molecule has 0 spiro atoms. The molecule has 1 aromatic heterocycles. The summed E-state index contributed by atoms with van der Waals surface area (Å²) in [5, 5.41) is 10.5. The highest BCUT2D eigenvalue weighted by molar-refractivity contribution is 7.66. The summed E-state index contributed by atoms with van der Waals surface area (Å²) in [4.78, 5) is 50.9. The molecule has 3 rings (SSSR count). The highest BCUT2D eigenvalue weighted by atomic mass is 31.3. The molecule has 2 fully saturated rings. The third-order valence-corrected chi connectivity index (χ3v) is 8.75. The number of rotatable bonds is 8.